The molecule has 3 rings (SSSR count). The average Bonchev–Trinajstić information content (AvgIpc) is 2.98. The third-order valence-electron chi connectivity index (χ3n) is 5.03. The van der Waals surface area contributed by atoms with Gasteiger partial charge in [0.2, 0.25) is 10.0 Å². The Morgan fingerprint density at radius 2 is 1.59 bits per heavy atom. The van der Waals surface area contributed by atoms with Gasteiger partial charge in [-0.2, -0.15) is 5.26 Å². The van der Waals surface area contributed by atoms with Crippen molar-refractivity contribution in [1.29, 1.82) is 5.26 Å². The second-order valence-corrected chi connectivity index (χ2v) is 8.63. The van der Waals surface area contributed by atoms with Crippen LogP contribution in [-0.2, 0) is 10.0 Å². The van der Waals surface area contributed by atoms with Crippen LogP contribution in [0.2, 0.25) is 0 Å². The van der Waals surface area contributed by atoms with Crippen LogP contribution in [0.25, 0.3) is 0 Å². The van der Waals surface area contributed by atoms with Crippen LogP contribution in [0.1, 0.15) is 42.9 Å². The van der Waals surface area contributed by atoms with Crippen LogP contribution in [0.15, 0.2) is 59.5 Å². The Balaban J connectivity index is 1.78. The molecule has 5 nitrogen and oxygen atoms in total. The lowest BCUT2D eigenvalue weighted by atomic mass is 10.1. The predicted molar refractivity (Wildman–Crippen MR) is 106 cm³/mol. The summed E-state index contributed by atoms with van der Waals surface area (Å²) in [5.74, 6) is 0. The molecule has 1 N–H and O–H groups in total. The fourth-order valence-electron chi connectivity index (χ4n) is 3.52. The van der Waals surface area contributed by atoms with Gasteiger partial charge in [0.15, 0.2) is 0 Å². The molecule has 0 aromatic heterocycles. The summed E-state index contributed by atoms with van der Waals surface area (Å²) in [6.07, 6.45) is 4.75. The van der Waals surface area contributed by atoms with E-state index in [1.165, 1.54) is 37.1 Å². The Bertz CT molecular complexity index is 866. The first-order valence-corrected chi connectivity index (χ1v) is 10.9. The Hall–Kier alpha value is -2.20. The number of likely N-dealkylation sites (tertiary alicyclic amines) is 1. The van der Waals surface area contributed by atoms with E-state index >= 15 is 0 Å². The number of sulfonamides is 1. The molecule has 1 fully saturated rings. The first-order chi connectivity index (χ1) is 13.1. The zero-order valence-electron chi connectivity index (χ0n) is 15.3. The van der Waals surface area contributed by atoms with Crippen LogP contribution >= 0.6 is 0 Å². The molecule has 1 heterocycles. The lowest BCUT2D eigenvalue weighted by molar-refractivity contribution is 0.206. The molecule has 0 bridgehead atoms. The SMILES string of the molecule is N#Cc1ccc(S(=O)(=O)NCC(c2ccccc2)N2CCCCCC2)cc1. The maximum Gasteiger partial charge on any atom is 0.240 e. The maximum absolute atomic E-state index is 12.7. The molecule has 0 spiro atoms. The van der Waals surface area contributed by atoms with Gasteiger partial charge in [-0.1, -0.05) is 43.2 Å². The van der Waals surface area contributed by atoms with E-state index in [4.69, 9.17) is 5.26 Å². The highest BCUT2D eigenvalue weighted by Gasteiger charge is 2.24. The minimum atomic E-state index is -3.62. The number of hydrogen-bond acceptors (Lipinski definition) is 4. The van der Waals surface area contributed by atoms with E-state index in [2.05, 4.69) is 21.8 Å². The van der Waals surface area contributed by atoms with Crippen molar-refractivity contribution < 1.29 is 8.42 Å². The Morgan fingerprint density at radius 3 is 2.19 bits per heavy atom. The molecule has 1 aliphatic heterocycles. The number of rotatable bonds is 6. The second kappa shape index (κ2) is 9.14. The van der Waals surface area contributed by atoms with Crippen molar-refractivity contribution >= 4 is 10.0 Å². The third-order valence-corrected chi connectivity index (χ3v) is 6.47. The lowest BCUT2D eigenvalue weighted by Gasteiger charge is -2.31. The quantitative estimate of drug-likeness (QED) is 0.829. The van der Waals surface area contributed by atoms with Gasteiger partial charge in [0, 0.05) is 12.6 Å². The Morgan fingerprint density at radius 1 is 0.963 bits per heavy atom. The van der Waals surface area contributed by atoms with Gasteiger partial charge in [-0.05, 0) is 55.8 Å². The smallest absolute Gasteiger partial charge is 0.240 e. The molecule has 0 aliphatic carbocycles. The minimum absolute atomic E-state index is 0.0115. The van der Waals surface area contributed by atoms with Gasteiger partial charge >= 0.3 is 0 Å². The van der Waals surface area contributed by atoms with E-state index in [9.17, 15) is 8.42 Å². The molecular weight excluding hydrogens is 358 g/mol. The largest absolute Gasteiger partial charge is 0.295 e. The van der Waals surface area contributed by atoms with Gasteiger partial charge in [-0.3, -0.25) is 4.90 Å². The summed E-state index contributed by atoms with van der Waals surface area (Å²) in [7, 11) is -3.62. The zero-order valence-corrected chi connectivity index (χ0v) is 16.2. The summed E-state index contributed by atoms with van der Waals surface area (Å²) in [5.41, 5.74) is 1.57. The fraction of sp³-hybridized carbons (Fsp3) is 0.381. The van der Waals surface area contributed by atoms with Crippen LogP contribution in [0.5, 0.6) is 0 Å². The van der Waals surface area contributed by atoms with Crippen LogP contribution in [0.3, 0.4) is 0 Å². The van der Waals surface area contributed by atoms with E-state index in [-0.39, 0.29) is 10.9 Å². The van der Waals surface area contributed by atoms with Crippen molar-refractivity contribution in [3.05, 3.63) is 65.7 Å². The van der Waals surface area contributed by atoms with Gasteiger partial charge in [-0.15, -0.1) is 0 Å². The normalized spacial score (nSPS) is 17.0. The number of nitriles is 1. The van der Waals surface area contributed by atoms with E-state index in [0.717, 1.165) is 31.5 Å². The summed E-state index contributed by atoms with van der Waals surface area (Å²) < 4.78 is 28.2. The van der Waals surface area contributed by atoms with Gasteiger partial charge in [0.05, 0.1) is 16.5 Å². The molecule has 2 aromatic carbocycles. The number of nitrogens with one attached hydrogen (secondary N) is 1. The zero-order chi connectivity index (χ0) is 19.1. The van der Waals surface area contributed by atoms with Crippen molar-refractivity contribution in [2.75, 3.05) is 19.6 Å². The first kappa shape index (κ1) is 19.6. The minimum Gasteiger partial charge on any atom is -0.295 e. The van der Waals surface area contributed by atoms with Crippen molar-refractivity contribution in [1.82, 2.24) is 9.62 Å². The molecule has 1 aliphatic rings. The highest BCUT2D eigenvalue weighted by atomic mass is 32.2. The molecule has 142 valence electrons. The molecule has 1 unspecified atom stereocenters. The van der Waals surface area contributed by atoms with E-state index < -0.39 is 10.0 Å². The molecule has 0 amide bonds. The van der Waals surface area contributed by atoms with Crippen molar-refractivity contribution in [3.63, 3.8) is 0 Å². The average molecular weight is 384 g/mol. The molecule has 6 heteroatoms. The Kier molecular flexibility index (Phi) is 6.62. The van der Waals surface area contributed by atoms with Crippen molar-refractivity contribution in [2.24, 2.45) is 0 Å². The molecule has 1 saturated heterocycles. The first-order valence-electron chi connectivity index (χ1n) is 9.39. The van der Waals surface area contributed by atoms with E-state index in [1.807, 2.05) is 24.3 Å². The van der Waals surface area contributed by atoms with E-state index in [0.29, 0.717) is 12.1 Å². The summed E-state index contributed by atoms with van der Waals surface area (Å²) in [6, 6.07) is 18.1. The third kappa shape index (κ3) is 5.16. The number of nitrogens with zero attached hydrogens (tertiary/aromatic N) is 2. The summed E-state index contributed by atoms with van der Waals surface area (Å²) in [4.78, 5) is 2.58. The van der Waals surface area contributed by atoms with Crippen LogP contribution < -0.4 is 4.72 Å². The van der Waals surface area contributed by atoms with Crippen molar-refractivity contribution in [2.45, 2.75) is 36.6 Å². The van der Waals surface area contributed by atoms with Gasteiger partial charge in [-0.25, -0.2) is 13.1 Å². The van der Waals surface area contributed by atoms with Gasteiger partial charge < -0.3 is 0 Å². The van der Waals surface area contributed by atoms with Gasteiger partial charge in [0.1, 0.15) is 0 Å². The summed E-state index contributed by atoms with van der Waals surface area (Å²) in [5, 5.41) is 8.88. The lowest BCUT2D eigenvalue weighted by Crippen LogP contribution is -2.38. The van der Waals surface area contributed by atoms with Crippen LogP contribution in [0, 0.1) is 11.3 Å². The molecular formula is C21H25N3O2S. The summed E-state index contributed by atoms with van der Waals surface area (Å²) >= 11 is 0. The predicted octanol–water partition coefficient (Wildman–Crippen LogP) is 3.45. The van der Waals surface area contributed by atoms with E-state index in [1.54, 1.807) is 0 Å². The number of benzene rings is 2. The fourth-order valence-corrected chi connectivity index (χ4v) is 4.56. The molecule has 0 saturated carbocycles. The molecule has 1 atom stereocenters. The highest BCUT2D eigenvalue weighted by molar-refractivity contribution is 7.89. The molecule has 0 radical (unpaired) electrons. The number of hydrogen-bond donors (Lipinski definition) is 1. The monoisotopic (exact) mass is 383 g/mol. The Labute approximate surface area is 161 Å². The second-order valence-electron chi connectivity index (χ2n) is 6.86. The summed E-state index contributed by atoms with van der Waals surface area (Å²) in [6.45, 7) is 2.29. The van der Waals surface area contributed by atoms with Crippen molar-refractivity contribution in [3.8, 4) is 6.07 Å². The molecule has 2 aromatic rings. The maximum atomic E-state index is 12.7. The molecule has 27 heavy (non-hydrogen) atoms. The van der Waals surface area contributed by atoms with Crippen LogP contribution in [0.4, 0.5) is 0 Å². The highest BCUT2D eigenvalue weighted by Crippen LogP contribution is 2.24. The topological polar surface area (TPSA) is 73.2 Å². The van der Waals surface area contributed by atoms with Crippen LogP contribution in [-0.4, -0.2) is 33.0 Å². The standard InChI is InChI=1S/C21H25N3O2S/c22-16-18-10-12-20(13-11-18)27(25,26)23-17-21(19-8-4-3-5-9-19)24-14-6-1-2-7-15-24/h3-5,8-13,21,23H,1-2,6-7,14-15,17H2. The van der Waals surface area contributed by atoms with Gasteiger partial charge in [0.25, 0.3) is 0 Å².